The predicted octanol–water partition coefficient (Wildman–Crippen LogP) is 40.1. The van der Waals surface area contributed by atoms with E-state index in [0.717, 1.165) is 50.4 Å². The molecule has 26 aromatic rings. The minimum atomic E-state index is -0.488. The Balaban J connectivity index is 0.000000111. The lowest BCUT2D eigenvalue weighted by Crippen LogP contribution is -2.28. The zero-order valence-corrected chi connectivity index (χ0v) is 84.8. The number of nitrogens with zero attached hydrogens (tertiary/aromatic N) is 3. The first-order chi connectivity index (χ1) is 74.1. The van der Waals surface area contributed by atoms with Crippen LogP contribution in [0.25, 0.3) is 140 Å². The minimum Gasteiger partial charge on any atom is -0.456 e. The second-order valence-electron chi connectivity index (χ2n) is 39.8. The third kappa shape index (κ3) is 15.1. The van der Waals surface area contributed by atoms with Gasteiger partial charge in [0, 0.05) is 92.0 Å². The van der Waals surface area contributed by atoms with E-state index >= 15 is 0 Å². The Bertz CT molecular complexity index is 9600. The van der Waals surface area contributed by atoms with Crippen LogP contribution < -0.4 is 14.7 Å². The van der Waals surface area contributed by atoms with Gasteiger partial charge in [0.05, 0.1) is 43.3 Å². The van der Waals surface area contributed by atoms with E-state index in [2.05, 4.69) is 581 Å². The first kappa shape index (κ1) is 90.5. The maximum Gasteiger partial charge on any atom is 0.135 e. The molecule has 3 heterocycles. The number of anilines is 9. The van der Waals surface area contributed by atoms with Crippen LogP contribution in [-0.2, 0) is 16.2 Å². The van der Waals surface area contributed by atoms with Crippen LogP contribution in [0.2, 0.25) is 0 Å². The molecule has 0 radical (unpaired) electrons. The fourth-order valence-corrected chi connectivity index (χ4v) is 27.1. The first-order valence-electron chi connectivity index (χ1n) is 51.7. The summed E-state index contributed by atoms with van der Waals surface area (Å²) in [5, 5.41) is 7.40. The molecule has 710 valence electrons. The molecule has 3 unspecified atom stereocenters. The van der Waals surface area contributed by atoms with Crippen molar-refractivity contribution in [3.8, 4) is 77.9 Å². The molecule has 3 aliphatic rings. The number of benzene rings is 23. The van der Waals surface area contributed by atoms with Crippen molar-refractivity contribution in [3.05, 3.63) is 619 Å². The SMILES string of the molecule is CC1(c2ccccc2)c2ccccc2-c2c(N(c3ccc(-c4ccccc4)cc3)c3ccc4oc5ccccc5c4c3)cccc21.CC1(c2ccccc2)c2ccccc2-c2c(N(c3ccc(-c4ccccc4)cc3)c3cccc4c3sc3c(-c5ccccc5)cccc34)cccc21.Cc1ccc(C2(c3ccccc3)c3ccccc3-c3c(N(c4cccc(-c5ccccc5)c4)c4cccc5c4sc4ccccc45)cccc32)cc1. The van der Waals surface area contributed by atoms with Gasteiger partial charge in [-0.3, -0.25) is 0 Å². The Morgan fingerprint density at radius 2 is 0.533 bits per heavy atom. The zero-order valence-electron chi connectivity index (χ0n) is 83.2. The number of fused-ring (bicyclic) bond motifs is 18. The van der Waals surface area contributed by atoms with E-state index in [1.165, 1.54) is 202 Å². The van der Waals surface area contributed by atoms with E-state index in [-0.39, 0.29) is 10.8 Å². The smallest absolute Gasteiger partial charge is 0.135 e. The number of para-hydroxylation sites is 1. The van der Waals surface area contributed by atoms with E-state index in [0.29, 0.717) is 0 Å². The lowest BCUT2D eigenvalue weighted by Gasteiger charge is -2.34. The molecule has 150 heavy (non-hydrogen) atoms. The second kappa shape index (κ2) is 37.6. The van der Waals surface area contributed by atoms with Crippen LogP contribution in [0.15, 0.2) is 563 Å². The van der Waals surface area contributed by atoms with Crippen LogP contribution in [-0.4, -0.2) is 0 Å². The number of hydrogen-bond donors (Lipinski definition) is 0. The van der Waals surface area contributed by atoms with Crippen LogP contribution in [0.4, 0.5) is 51.2 Å². The first-order valence-corrected chi connectivity index (χ1v) is 53.4. The highest BCUT2D eigenvalue weighted by molar-refractivity contribution is 7.27. The summed E-state index contributed by atoms with van der Waals surface area (Å²) in [4.78, 5) is 7.46. The van der Waals surface area contributed by atoms with Crippen LogP contribution in [0.3, 0.4) is 0 Å². The Labute approximate surface area is 882 Å². The van der Waals surface area contributed by atoms with E-state index in [1.807, 2.05) is 34.8 Å². The molecule has 0 spiro atoms. The van der Waals surface area contributed by atoms with Crippen molar-refractivity contribution >= 4 is 136 Å². The molecule has 0 N–H and O–H groups in total. The Hall–Kier alpha value is -18.3. The maximum atomic E-state index is 6.24. The second-order valence-corrected chi connectivity index (χ2v) is 41.9. The minimum absolute atomic E-state index is 0.281. The zero-order chi connectivity index (χ0) is 100.0. The van der Waals surface area contributed by atoms with Gasteiger partial charge in [-0.25, -0.2) is 0 Å². The van der Waals surface area contributed by atoms with Gasteiger partial charge < -0.3 is 19.1 Å². The highest BCUT2D eigenvalue weighted by Gasteiger charge is 2.49. The molecule has 0 fully saturated rings. The molecular formula is C144H101N3OS2. The van der Waals surface area contributed by atoms with Crippen molar-refractivity contribution in [2.75, 3.05) is 14.7 Å². The quantitative estimate of drug-likeness (QED) is 0.0906. The summed E-state index contributed by atoms with van der Waals surface area (Å²) in [7, 11) is 0. The van der Waals surface area contributed by atoms with Crippen molar-refractivity contribution in [2.45, 2.75) is 37.0 Å². The van der Waals surface area contributed by atoms with Crippen LogP contribution in [0.5, 0.6) is 0 Å². The summed E-state index contributed by atoms with van der Waals surface area (Å²) in [5.41, 5.74) is 42.8. The van der Waals surface area contributed by atoms with Crippen LogP contribution in [0.1, 0.15) is 75.0 Å². The molecule has 3 aromatic heterocycles. The summed E-state index contributed by atoms with van der Waals surface area (Å²) < 4.78 is 11.4. The molecule has 0 saturated heterocycles. The molecule has 3 aliphatic carbocycles. The third-order valence-electron chi connectivity index (χ3n) is 31.5. The van der Waals surface area contributed by atoms with Gasteiger partial charge in [0.15, 0.2) is 0 Å². The summed E-state index contributed by atoms with van der Waals surface area (Å²) in [6.45, 7) is 6.94. The summed E-state index contributed by atoms with van der Waals surface area (Å²) in [6.07, 6.45) is 0. The van der Waals surface area contributed by atoms with Gasteiger partial charge in [0.25, 0.3) is 0 Å². The molecule has 29 rings (SSSR count). The summed E-state index contributed by atoms with van der Waals surface area (Å²) in [6, 6.07) is 204. The summed E-state index contributed by atoms with van der Waals surface area (Å²) >= 11 is 3.78. The van der Waals surface area contributed by atoms with Crippen LogP contribution in [0, 0.1) is 6.92 Å². The Kier molecular flexibility index (Phi) is 22.7. The lowest BCUT2D eigenvalue weighted by atomic mass is 9.67. The Morgan fingerprint density at radius 1 is 0.193 bits per heavy atom. The molecule has 4 nitrogen and oxygen atoms in total. The van der Waals surface area contributed by atoms with E-state index in [4.69, 9.17) is 4.42 Å². The number of hydrogen-bond acceptors (Lipinski definition) is 6. The maximum absolute atomic E-state index is 6.24. The largest absolute Gasteiger partial charge is 0.456 e. The van der Waals surface area contributed by atoms with Gasteiger partial charge in [-0.2, -0.15) is 0 Å². The average Bonchev–Trinajstić information content (AvgIpc) is 1.52. The van der Waals surface area contributed by atoms with Crippen molar-refractivity contribution in [2.24, 2.45) is 0 Å². The third-order valence-corrected chi connectivity index (χ3v) is 34.0. The number of thiophene rings is 2. The van der Waals surface area contributed by atoms with E-state index in [9.17, 15) is 0 Å². The number of rotatable bonds is 17. The van der Waals surface area contributed by atoms with Gasteiger partial charge in [-0.15, -0.1) is 22.7 Å². The number of furan rings is 1. The molecule has 0 aliphatic heterocycles. The van der Waals surface area contributed by atoms with Gasteiger partial charge in [-0.05, 0) is 235 Å². The van der Waals surface area contributed by atoms with Crippen molar-refractivity contribution in [1.29, 1.82) is 0 Å². The van der Waals surface area contributed by atoms with Crippen LogP contribution >= 0.6 is 22.7 Å². The average molecular weight is 1950 g/mol. The van der Waals surface area contributed by atoms with E-state index < -0.39 is 5.41 Å². The van der Waals surface area contributed by atoms with Crippen molar-refractivity contribution < 1.29 is 4.42 Å². The molecule has 0 bridgehead atoms. The van der Waals surface area contributed by atoms with Gasteiger partial charge in [0.1, 0.15) is 11.2 Å². The standard InChI is InChI=1S/2C50H35NS.C44H31NO/c1-50(37-20-9-4-10-21-37)43-26-12-11-22-42(43)47-44(50)27-15-28-45(47)51(38-32-30-35(31-33-38)34-16-5-2-6-17-34)46-29-14-25-41-40-24-13-23-39(48(40)52-49(41)46)36-18-7-3-8-19-36;1-34-29-31-38(32-30-34)50(37-18-6-3-7-19-37)43-24-10-8-22-42(43)48-44(50)25-14-26-45(48)51(39-20-12-17-36(33-39)35-15-4-2-5-16-35)46-27-13-23-41-40-21-9-11-28-47(40)52-49(41)46;1-44(32-15-6-3-7-16-32)38-19-10-8-18-36(38)43-39(44)20-12-21-40(43)45(33-25-23-31(24-26-33)30-13-4-2-5-14-30)34-27-28-42-37(29-34)35-17-9-11-22-41(35)46-42/h2*2-33H,1H3;2-29H,1H3. The van der Waals surface area contributed by atoms with Gasteiger partial charge in [0.2, 0.25) is 0 Å². The lowest BCUT2D eigenvalue weighted by molar-refractivity contribution is 0.669. The molecule has 3 atom stereocenters. The van der Waals surface area contributed by atoms with Gasteiger partial charge in [-0.1, -0.05) is 467 Å². The fourth-order valence-electron chi connectivity index (χ4n) is 24.5. The number of aryl methyl sites for hydroxylation is 1. The molecular weight excluding hydrogens is 1850 g/mol. The topological polar surface area (TPSA) is 22.9 Å². The van der Waals surface area contributed by atoms with Gasteiger partial charge >= 0.3 is 0 Å². The van der Waals surface area contributed by atoms with E-state index in [1.54, 1.807) is 0 Å². The molecule has 0 saturated carbocycles. The molecule has 0 amide bonds. The summed E-state index contributed by atoms with van der Waals surface area (Å²) in [5.74, 6) is 0. The highest BCUT2D eigenvalue weighted by Crippen LogP contribution is 2.64. The fraction of sp³-hybridized carbons (Fsp3) is 0.0417. The monoisotopic (exact) mass is 1950 g/mol. The molecule has 6 heteroatoms. The predicted molar refractivity (Wildman–Crippen MR) is 635 cm³/mol. The highest BCUT2D eigenvalue weighted by atomic mass is 32.1. The Morgan fingerprint density at radius 3 is 1.09 bits per heavy atom. The molecule has 23 aromatic carbocycles. The van der Waals surface area contributed by atoms with Crippen molar-refractivity contribution in [1.82, 2.24) is 0 Å². The normalized spacial score (nSPS) is 14.8. The van der Waals surface area contributed by atoms with Crippen molar-refractivity contribution in [3.63, 3.8) is 0 Å².